The Labute approximate surface area is 173 Å². The zero-order chi connectivity index (χ0) is 20.3. The van der Waals surface area contributed by atoms with Crippen LogP contribution in [-0.2, 0) is 11.2 Å². The van der Waals surface area contributed by atoms with Crippen LogP contribution >= 0.6 is 0 Å². The molecule has 0 unspecified atom stereocenters. The molecule has 150 valence electrons. The number of fused-ring (bicyclic) bond motifs is 1. The molecule has 0 aliphatic heterocycles. The quantitative estimate of drug-likeness (QED) is 0.495. The summed E-state index contributed by atoms with van der Waals surface area (Å²) in [6.45, 7) is 0.779. The Morgan fingerprint density at radius 3 is 2.80 bits per heavy atom. The van der Waals surface area contributed by atoms with E-state index in [9.17, 15) is 4.79 Å². The zero-order valence-electron chi connectivity index (χ0n) is 16.3. The predicted molar refractivity (Wildman–Crippen MR) is 114 cm³/mol. The third-order valence-corrected chi connectivity index (χ3v) is 5.04. The van der Waals surface area contributed by atoms with Crippen LogP contribution in [0, 0.1) is 5.92 Å². The molecule has 4 aromatic heterocycles. The molecule has 0 spiro atoms. The van der Waals surface area contributed by atoms with Crippen molar-refractivity contribution in [3.63, 3.8) is 0 Å². The van der Waals surface area contributed by atoms with Crippen LogP contribution in [-0.4, -0.2) is 37.0 Å². The summed E-state index contributed by atoms with van der Waals surface area (Å²) in [5, 5.41) is 10.6. The van der Waals surface area contributed by atoms with E-state index in [4.69, 9.17) is 0 Å². The van der Waals surface area contributed by atoms with Crippen LogP contribution in [0.4, 0.5) is 11.8 Å². The molecule has 1 amide bonds. The number of nitrogens with zero attached hydrogens (tertiary/aromatic N) is 5. The summed E-state index contributed by atoms with van der Waals surface area (Å²) in [6.07, 6.45) is 8.23. The van der Waals surface area contributed by atoms with Crippen LogP contribution in [0.5, 0.6) is 0 Å². The van der Waals surface area contributed by atoms with E-state index >= 15 is 0 Å². The number of anilines is 2. The average Bonchev–Trinajstić information content (AvgIpc) is 3.55. The molecule has 4 heterocycles. The van der Waals surface area contributed by atoms with Gasteiger partial charge in [0.05, 0.1) is 5.69 Å². The van der Waals surface area contributed by atoms with Gasteiger partial charge >= 0.3 is 0 Å². The highest BCUT2D eigenvalue weighted by Crippen LogP contribution is 2.30. The number of hydrogen-bond acceptors (Lipinski definition) is 6. The second-order valence-electron chi connectivity index (χ2n) is 7.35. The van der Waals surface area contributed by atoms with E-state index in [-0.39, 0.29) is 11.8 Å². The molecule has 1 aliphatic carbocycles. The van der Waals surface area contributed by atoms with Gasteiger partial charge in [0.15, 0.2) is 5.65 Å². The lowest BCUT2D eigenvalue weighted by molar-refractivity contribution is -0.117. The van der Waals surface area contributed by atoms with E-state index in [0.29, 0.717) is 11.6 Å². The van der Waals surface area contributed by atoms with Crippen LogP contribution in [0.15, 0.2) is 61.1 Å². The predicted octanol–water partition coefficient (Wildman–Crippen LogP) is 3.19. The Morgan fingerprint density at radius 1 is 1.10 bits per heavy atom. The van der Waals surface area contributed by atoms with Crippen LogP contribution in [0.25, 0.3) is 16.9 Å². The third-order valence-electron chi connectivity index (χ3n) is 5.04. The number of carbonyl (C=O) groups excluding carboxylic acids is 1. The Kier molecular flexibility index (Phi) is 4.80. The van der Waals surface area contributed by atoms with E-state index in [1.807, 2.05) is 48.8 Å². The van der Waals surface area contributed by atoms with Gasteiger partial charge in [-0.15, -0.1) is 5.10 Å². The molecular formula is C22H21N7O. The minimum Gasteiger partial charge on any atom is -0.370 e. The lowest BCUT2D eigenvalue weighted by Gasteiger charge is -2.07. The first kappa shape index (κ1) is 18.2. The topological polar surface area (TPSA) is 97.1 Å². The molecule has 0 bridgehead atoms. The second kappa shape index (κ2) is 7.90. The summed E-state index contributed by atoms with van der Waals surface area (Å²) in [4.78, 5) is 25.1. The van der Waals surface area contributed by atoms with E-state index in [1.54, 1.807) is 10.7 Å². The van der Waals surface area contributed by atoms with Crippen molar-refractivity contribution in [1.82, 2.24) is 24.6 Å². The normalized spacial score (nSPS) is 13.3. The highest BCUT2D eigenvalue weighted by atomic mass is 16.2. The molecule has 0 atom stereocenters. The number of aromatic nitrogens is 5. The van der Waals surface area contributed by atoms with Gasteiger partial charge in [0.1, 0.15) is 5.82 Å². The van der Waals surface area contributed by atoms with Crippen molar-refractivity contribution >= 4 is 23.3 Å². The summed E-state index contributed by atoms with van der Waals surface area (Å²) in [6, 6.07) is 13.7. The first-order valence-electron chi connectivity index (χ1n) is 10.0. The highest BCUT2D eigenvalue weighted by molar-refractivity contribution is 5.92. The van der Waals surface area contributed by atoms with Gasteiger partial charge in [-0.25, -0.2) is 9.50 Å². The monoisotopic (exact) mass is 399 g/mol. The molecule has 5 rings (SSSR count). The van der Waals surface area contributed by atoms with Gasteiger partial charge in [-0.05, 0) is 55.2 Å². The Balaban J connectivity index is 1.29. The van der Waals surface area contributed by atoms with Crippen LogP contribution in [0.2, 0.25) is 0 Å². The molecule has 2 N–H and O–H groups in total. The number of carbonyl (C=O) groups is 1. The number of nitrogens with one attached hydrogen (secondary N) is 2. The van der Waals surface area contributed by atoms with E-state index in [2.05, 4.69) is 36.8 Å². The fourth-order valence-electron chi connectivity index (χ4n) is 3.27. The minimum atomic E-state index is -0.00386. The van der Waals surface area contributed by atoms with Crippen LogP contribution in [0.1, 0.15) is 18.4 Å². The number of pyridine rings is 3. The Bertz CT molecular complexity index is 1170. The van der Waals surface area contributed by atoms with Gasteiger partial charge in [-0.1, -0.05) is 12.1 Å². The van der Waals surface area contributed by atoms with Crippen molar-refractivity contribution in [2.24, 2.45) is 5.92 Å². The van der Waals surface area contributed by atoms with Gasteiger partial charge in [-0.3, -0.25) is 15.1 Å². The van der Waals surface area contributed by atoms with Gasteiger partial charge in [0.25, 0.3) is 0 Å². The number of hydrogen-bond donors (Lipinski definition) is 2. The molecule has 0 radical (unpaired) electrons. The number of rotatable bonds is 7. The lowest BCUT2D eigenvalue weighted by Crippen LogP contribution is -2.14. The van der Waals surface area contributed by atoms with Crippen molar-refractivity contribution in [2.45, 2.75) is 19.3 Å². The fourth-order valence-corrected chi connectivity index (χ4v) is 3.27. The number of amides is 1. The fraction of sp³-hybridized carbons (Fsp3) is 0.227. The van der Waals surface area contributed by atoms with Crippen molar-refractivity contribution in [1.29, 1.82) is 0 Å². The summed E-state index contributed by atoms with van der Waals surface area (Å²) in [5.74, 6) is 1.25. The summed E-state index contributed by atoms with van der Waals surface area (Å²) >= 11 is 0. The smallest absolute Gasteiger partial charge is 0.249 e. The molecule has 1 aliphatic rings. The lowest BCUT2D eigenvalue weighted by atomic mass is 10.2. The molecule has 8 nitrogen and oxygen atoms in total. The summed E-state index contributed by atoms with van der Waals surface area (Å²) < 4.78 is 1.73. The van der Waals surface area contributed by atoms with Gasteiger partial charge in [-0.2, -0.15) is 4.98 Å². The average molecular weight is 399 g/mol. The maximum Gasteiger partial charge on any atom is 0.249 e. The van der Waals surface area contributed by atoms with E-state index in [1.165, 1.54) is 5.56 Å². The largest absolute Gasteiger partial charge is 0.370 e. The molecule has 0 saturated heterocycles. The van der Waals surface area contributed by atoms with Crippen molar-refractivity contribution in [2.75, 3.05) is 17.2 Å². The van der Waals surface area contributed by atoms with Crippen molar-refractivity contribution in [3.8, 4) is 11.3 Å². The van der Waals surface area contributed by atoms with Crippen LogP contribution < -0.4 is 10.6 Å². The van der Waals surface area contributed by atoms with Crippen LogP contribution in [0.3, 0.4) is 0 Å². The molecule has 0 aromatic carbocycles. The maximum atomic E-state index is 12.0. The molecule has 1 fully saturated rings. The van der Waals surface area contributed by atoms with E-state index in [0.717, 1.165) is 42.9 Å². The Morgan fingerprint density at radius 2 is 2.03 bits per heavy atom. The third kappa shape index (κ3) is 3.98. The second-order valence-corrected chi connectivity index (χ2v) is 7.35. The molecule has 1 saturated carbocycles. The van der Waals surface area contributed by atoms with Crippen molar-refractivity contribution < 1.29 is 4.79 Å². The molecule has 8 heteroatoms. The molecular weight excluding hydrogens is 378 g/mol. The molecule has 30 heavy (non-hydrogen) atoms. The first-order chi connectivity index (χ1) is 14.8. The minimum absolute atomic E-state index is 0.00386. The van der Waals surface area contributed by atoms with Gasteiger partial charge in [0.2, 0.25) is 11.9 Å². The first-order valence-corrected chi connectivity index (χ1v) is 10.0. The SMILES string of the molecule is O=C(Nc1nc2cccc(-c3ccc(NCCc4cccnc4)nc3)n2n1)C1CC1. The summed E-state index contributed by atoms with van der Waals surface area (Å²) in [5.41, 5.74) is 3.64. The van der Waals surface area contributed by atoms with Gasteiger partial charge in [0, 0.05) is 36.6 Å². The standard InChI is InChI=1S/C22H21N7O/c30-21(16-6-7-16)27-22-26-20-5-1-4-18(29(20)28-22)17-8-9-19(25-14-17)24-12-10-15-3-2-11-23-13-15/h1-5,8-9,11,13-14,16H,6-7,10,12H2,(H,24,25)(H,27,28,30). The summed E-state index contributed by atoms with van der Waals surface area (Å²) in [7, 11) is 0. The maximum absolute atomic E-state index is 12.0. The zero-order valence-corrected chi connectivity index (χ0v) is 16.3. The Hall–Kier alpha value is -3.81. The highest BCUT2D eigenvalue weighted by Gasteiger charge is 2.30. The van der Waals surface area contributed by atoms with Gasteiger partial charge < -0.3 is 5.32 Å². The van der Waals surface area contributed by atoms with Crippen molar-refractivity contribution in [3.05, 3.63) is 66.6 Å². The molecule has 4 aromatic rings. The van der Waals surface area contributed by atoms with E-state index < -0.39 is 0 Å².